The van der Waals surface area contributed by atoms with Gasteiger partial charge in [-0.05, 0) is 43.4 Å². The number of halogens is 1. The maximum atomic E-state index is 12.9. The highest BCUT2D eigenvalue weighted by Gasteiger charge is 2.28. The van der Waals surface area contributed by atoms with Crippen molar-refractivity contribution >= 4 is 6.08 Å². The van der Waals surface area contributed by atoms with Gasteiger partial charge in [0.2, 0.25) is 0 Å². The van der Waals surface area contributed by atoms with Crippen molar-refractivity contribution in [3.63, 3.8) is 0 Å². The number of benzene rings is 1. The summed E-state index contributed by atoms with van der Waals surface area (Å²) in [4.78, 5) is 2.45. The van der Waals surface area contributed by atoms with Crippen LogP contribution in [0.5, 0.6) is 0 Å². The molecule has 2 heterocycles. The van der Waals surface area contributed by atoms with Gasteiger partial charge in [0.15, 0.2) is 0 Å². The van der Waals surface area contributed by atoms with Crippen LogP contribution in [0.4, 0.5) is 4.39 Å². The molecule has 1 aliphatic carbocycles. The van der Waals surface area contributed by atoms with E-state index in [1.807, 2.05) is 0 Å². The Bertz CT molecular complexity index is 694. The molecule has 2 aliphatic rings. The Morgan fingerprint density at radius 1 is 1.08 bits per heavy atom. The van der Waals surface area contributed by atoms with Gasteiger partial charge in [-0.1, -0.05) is 29.5 Å². The molecular formula is C19H23FN4. The fourth-order valence-electron chi connectivity index (χ4n) is 3.31. The molecule has 1 aromatic carbocycles. The molecule has 1 saturated heterocycles. The number of piperidine rings is 1. The van der Waals surface area contributed by atoms with Crippen LogP contribution in [0.15, 0.2) is 36.5 Å². The van der Waals surface area contributed by atoms with Crippen LogP contribution in [0, 0.1) is 5.82 Å². The van der Waals surface area contributed by atoms with Crippen LogP contribution in [0.3, 0.4) is 0 Å². The molecule has 0 atom stereocenters. The third kappa shape index (κ3) is 3.73. The van der Waals surface area contributed by atoms with Crippen LogP contribution in [0.25, 0.3) is 6.08 Å². The first kappa shape index (κ1) is 15.5. The zero-order valence-electron chi connectivity index (χ0n) is 13.8. The molecule has 2 aromatic rings. The molecule has 24 heavy (non-hydrogen) atoms. The van der Waals surface area contributed by atoms with Gasteiger partial charge in [0.25, 0.3) is 0 Å². The molecule has 126 valence electrons. The van der Waals surface area contributed by atoms with Crippen molar-refractivity contribution in [2.75, 3.05) is 19.6 Å². The molecule has 0 N–H and O–H groups in total. The second-order valence-electron chi connectivity index (χ2n) is 6.88. The second kappa shape index (κ2) is 6.85. The molecule has 1 aromatic heterocycles. The van der Waals surface area contributed by atoms with E-state index in [-0.39, 0.29) is 5.82 Å². The third-order valence-corrected chi connectivity index (χ3v) is 5.00. The summed E-state index contributed by atoms with van der Waals surface area (Å²) in [6.45, 7) is 3.10. The van der Waals surface area contributed by atoms with E-state index < -0.39 is 0 Å². The minimum absolute atomic E-state index is 0.188. The predicted octanol–water partition coefficient (Wildman–Crippen LogP) is 3.64. The lowest BCUT2D eigenvalue weighted by Crippen LogP contribution is -2.34. The lowest BCUT2D eigenvalue weighted by atomic mass is 10.1. The molecule has 0 bridgehead atoms. The van der Waals surface area contributed by atoms with Crippen molar-refractivity contribution in [3.05, 3.63) is 53.6 Å². The average Bonchev–Trinajstić information content (AvgIpc) is 3.35. The number of aromatic nitrogens is 3. The minimum Gasteiger partial charge on any atom is -0.300 e. The van der Waals surface area contributed by atoms with Crippen LogP contribution in [0.1, 0.15) is 48.9 Å². The summed E-state index contributed by atoms with van der Waals surface area (Å²) in [5, 5.41) is 8.66. The Balaban J connectivity index is 1.25. The van der Waals surface area contributed by atoms with Crippen LogP contribution in [-0.2, 0) is 0 Å². The summed E-state index contributed by atoms with van der Waals surface area (Å²) in [7, 11) is 0. The lowest BCUT2D eigenvalue weighted by Gasteiger charge is -2.30. The summed E-state index contributed by atoms with van der Waals surface area (Å²) in [5.74, 6) is 0.489. The van der Waals surface area contributed by atoms with E-state index in [1.165, 1.54) is 30.7 Å². The van der Waals surface area contributed by atoms with Gasteiger partial charge >= 0.3 is 0 Å². The number of nitrogens with zero attached hydrogens (tertiary/aromatic N) is 4. The third-order valence-electron chi connectivity index (χ3n) is 5.00. The highest BCUT2D eigenvalue weighted by Crippen LogP contribution is 2.39. The van der Waals surface area contributed by atoms with Gasteiger partial charge in [-0.15, -0.1) is 5.10 Å². The van der Waals surface area contributed by atoms with Crippen molar-refractivity contribution in [2.24, 2.45) is 0 Å². The van der Waals surface area contributed by atoms with Gasteiger partial charge in [-0.3, -0.25) is 4.90 Å². The molecule has 4 rings (SSSR count). The molecular weight excluding hydrogens is 303 g/mol. The number of rotatable bonds is 5. The highest BCUT2D eigenvalue weighted by molar-refractivity contribution is 5.48. The molecule has 0 unspecified atom stereocenters. The van der Waals surface area contributed by atoms with Crippen LogP contribution < -0.4 is 0 Å². The summed E-state index contributed by atoms with van der Waals surface area (Å²) in [6, 6.07) is 7.10. The van der Waals surface area contributed by atoms with Crippen LogP contribution in [-0.4, -0.2) is 39.5 Å². The molecule has 1 saturated carbocycles. The average molecular weight is 326 g/mol. The fourth-order valence-corrected chi connectivity index (χ4v) is 3.31. The van der Waals surface area contributed by atoms with Crippen LogP contribution in [0.2, 0.25) is 0 Å². The van der Waals surface area contributed by atoms with Gasteiger partial charge in [-0.25, -0.2) is 9.07 Å². The molecule has 5 heteroatoms. The number of hydrogen-bond acceptors (Lipinski definition) is 3. The van der Waals surface area contributed by atoms with E-state index in [0.717, 1.165) is 38.0 Å². The van der Waals surface area contributed by atoms with E-state index >= 15 is 0 Å². The number of hydrogen-bond donors (Lipinski definition) is 0. The summed E-state index contributed by atoms with van der Waals surface area (Å²) >= 11 is 0. The van der Waals surface area contributed by atoms with Crippen molar-refractivity contribution in [1.29, 1.82) is 0 Å². The molecule has 0 amide bonds. The Morgan fingerprint density at radius 2 is 1.83 bits per heavy atom. The Kier molecular flexibility index (Phi) is 4.43. The zero-order valence-corrected chi connectivity index (χ0v) is 13.8. The van der Waals surface area contributed by atoms with E-state index in [9.17, 15) is 4.39 Å². The number of likely N-dealkylation sites (tertiary alicyclic amines) is 1. The van der Waals surface area contributed by atoms with E-state index in [2.05, 4.69) is 38.2 Å². The topological polar surface area (TPSA) is 34.0 Å². The van der Waals surface area contributed by atoms with Crippen LogP contribution >= 0.6 is 0 Å². The lowest BCUT2D eigenvalue weighted by molar-refractivity contribution is 0.194. The second-order valence-corrected chi connectivity index (χ2v) is 6.88. The summed E-state index contributed by atoms with van der Waals surface area (Å²) in [6.07, 6.45) is 11.2. The van der Waals surface area contributed by atoms with Crippen molar-refractivity contribution in [3.8, 4) is 0 Å². The van der Waals surface area contributed by atoms with E-state index in [1.54, 1.807) is 12.1 Å². The quantitative estimate of drug-likeness (QED) is 0.841. The van der Waals surface area contributed by atoms with Gasteiger partial charge in [-0.2, -0.15) is 0 Å². The first-order valence-corrected chi connectivity index (χ1v) is 8.84. The first-order chi connectivity index (χ1) is 11.8. The summed E-state index contributed by atoms with van der Waals surface area (Å²) in [5.41, 5.74) is 2.22. The van der Waals surface area contributed by atoms with Crippen molar-refractivity contribution < 1.29 is 4.39 Å². The molecule has 2 fully saturated rings. The standard InChI is InChI=1S/C19H23FN4/c20-17-7-3-15(4-8-17)2-1-11-23-12-9-18(10-13-23)24-14-19(21-22-24)16-5-6-16/h1-4,7-8,14,16,18H,5-6,9-13H2/b2-1+. The maximum Gasteiger partial charge on any atom is 0.123 e. The SMILES string of the molecule is Fc1ccc(/C=C/CN2CCC(n3cc(C4CC4)nn3)CC2)cc1. The van der Waals surface area contributed by atoms with Crippen molar-refractivity contribution in [2.45, 2.75) is 37.6 Å². The largest absolute Gasteiger partial charge is 0.300 e. The maximum absolute atomic E-state index is 12.9. The first-order valence-electron chi connectivity index (χ1n) is 8.84. The Morgan fingerprint density at radius 3 is 2.54 bits per heavy atom. The van der Waals surface area contributed by atoms with E-state index in [0.29, 0.717) is 12.0 Å². The van der Waals surface area contributed by atoms with Gasteiger partial charge in [0.05, 0.1) is 11.7 Å². The summed E-state index contributed by atoms with van der Waals surface area (Å²) < 4.78 is 15.0. The minimum atomic E-state index is -0.188. The molecule has 1 aliphatic heterocycles. The highest BCUT2D eigenvalue weighted by atomic mass is 19.1. The van der Waals surface area contributed by atoms with E-state index in [4.69, 9.17) is 0 Å². The monoisotopic (exact) mass is 326 g/mol. The molecule has 0 spiro atoms. The fraction of sp³-hybridized carbons (Fsp3) is 0.474. The van der Waals surface area contributed by atoms with Crippen molar-refractivity contribution in [1.82, 2.24) is 19.9 Å². The normalized spacial score (nSPS) is 20.0. The molecule has 4 nitrogen and oxygen atoms in total. The van der Waals surface area contributed by atoms with Gasteiger partial charge < -0.3 is 0 Å². The predicted molar refractivity (Wildman–Crippen MR) is 92.1 cm³/mol. The smallest absolute Gasteiger partial charge is 0.123 e. The Labute approximate surface area is 142 Å². The Hall–Kier alpha value is -2.01. The molecule has 0 radical (unpaired) electrons. The van der Waals surface area contributed by atoms with Gasteiger partial charge in [0.1, 0.15) is 5.82 Å². The zero-order chi connectivity index (χ0) is 16.4. The van der Waals surface area contributed by atoms with Gasteiger partial charge in [0, 0.05) is 31.7 Å².